The Morgan fingerprint density at radius 3 is 1.21 bits per heavy atom. The molecule has 0 fully saturated rings. The molecule has 0 spiro atoms. The Morgan fingerprint density at radius 1 is 0.464 bits per heavy atom. The van der Waals surface area contributed by atoms with Crippen LogP contribution >= 0.6 is 0 Å². The van der Waals surface area contributed by atoms with Gasteiger partial charge in [0.2, 0.25) is 0 Å². The summed E-state index contributed by atoms with van der Waals surface area (Å²) in [5.74, 6) is 2.85. The first-order valence-corrected chi connectivity index (χ1v) is 9.60. The minimum atomic E-state index is 0.439. The van der Waals surface area contributed by atoms with Crippen LogP contribution in [0.25, 0.3) is 0 Å². The average Bonchev–Trinajstić information content (AvgIpc) is 2.68. The molecule has 0 aromatic heterocycles. The summed E-state index contributed by atoms with van der Waals surface area (Å²) in [7, 11) is 0. The van der Waals surface area contributed by atoms with E-state index in [0.717, 1.165) is 11.1 Å². The maximum absolute atomic E-state index is 5.83. The van der Waals surface area contributed by atoms with Crippen LogP contribution in [0.15, 0.2) is 36.4 Å². The maximum atomic E-state index is 5.83. The second-order valence-electron chi connectivity index (χ2n) is 6.52. The molecule has 0 N–H and O–H groups in total. The van der Waals surface area contributed by atoms with E-state index in [-0.39, 0.29) is 0 Å². The Kier molecular flexibility index (Phi) is 7.82. The van der Waals surface area contributed by atoms with E-state index in [1.807, 2.05) is 50.2 Å². The fourth-order valence-electron chi connectivity index (χ4n) is 2.74. The van der Waals surface area contributed by atoms with Crippen molar-refractivity contribution in [2.24, 2.45) is 0 Å². The van der Waals surface area contributed by atoms with E-state index in [0.29, 0.717) is 75.9 Å². The van der Waals surface area contributed by atoms with Gasteiger partial charge in [-0.25, -0.2) is 0 Å². The molecule has 1 aliphatic heterocycles. The van der Waals surface area contributed by atoms with Gasteiger partial charge in [-0.15, -0.1) is 0 Å². The molecule has 0 unspecified atom stereocenters. The van der Waals surface area contributed by atoms with Gasteiger partial charge in [0.25, 0.3) is 0 Å². The Bertz CT molecular complexity index is 684. The molecule has 0 bridgehead atoms. The van der Waals surface area contributed by atoms with Gasteiger partial charge in [0.15, 0.2) is 23.0 Å². The van der Waals surface area contributed by atoms with Crippen molar-refractivity contribution in [3.63, 3.8) is 0 Å². The molecule has 152 valence electrons. The van der Waals surface area contributed by atoms with Gasteiger partial charge in [-0.05, 0) is 49.2 Å². The van der Waals surface area contributed by atoms with E-state index in [1.165, 1.54) is 0 Å². The first-order chi connectivity index (χ1) is 13.7. The predicted octanol–water partition coefficient (Wildman–Crippen LogP) is 3.57. The molecule has 0 atom stereocenters. The van der Waals surface area contributed by atoms with E-state index >= 15 is 0 Å². The van der Waals surface area contributed by atoms with Crippen LogP contribution in [0.1, 0.15) is 11.1 Å². The number of rotatable bonds is 0. The van der Waals surface area contributed by atoms with Crippen LogP contribution in [0.4, 0.5) is 0 Å². The van der Waals surface area contributed by atoms with E-state index < -0.39 is 0 Å². The van der Waals surface area contributed by atoms with Crippen molar-refractivity contribution in [3.05, 3.63) is 47.5 Å². The maximum Gasteiger partial charge on any atom is 0.161 e. The van der Waals surface area contributed by atoms with Crippen molar-refractivity contribution < 1.29 is 28.4 Å². The third-order valence-corrected chi connectivity index (χ3v) is 4.14. The van der Waals surface area contributed by atoms with Crippen LogP contribution in [0, 0.1) is 13.8 Å². The second kappa shape index (κ2) is 10.8. The molecule has 0 saturated heterocycles. The average molecular weight is 388 g/mol. The topological polar surface area (TPSA) is 55.4 Å². The molecule has 1 heterocycles. The van der Waals surface area contributed by atoms with Gasteiger partial charge in [-0.3, -0.25) is 0 Å². The van der Waals surface area contributed by atoms with Crippen LogP contribution < -0.4 is 18.9 Å². The molecule has 0 aliphatic carbocycles. The highest BCUT2D eigenvalue weighted by molar-refractivity contribution is 5.43. The molecule has 3 rings (SSSR count). The lowest BCUT2D eigenvalue weighted by Crippen LogP contribution is -2.15. The molecule has 0 saturated carbocycles. The smallest absolute Gasteiger partial charge is 0.161 e. The van der Waals surface area contributed by atoms with Crippen molar-refractivity contribution in [3.8, 4) is 23.0 Å². The second-order valence-corrected chi connectivity index (χ2v) is 6.52. The van der Waals surface area contributed by atoms with Crippen molar-refractivity contribution in [1.29, 1.82) is 0 Å². The van der Waals surface area contributed by atoms with Gasteiger partial charge in [-0.2, -0.15) is 0 Å². The van der Waals surface area contributed by atoms with Gasteiger partial charge < -0.3 is 28.4 Å². The minimum Gasteiger partial charge on any atom is -0.487 e. The fourth-order valence-corrected chi connectivity index (χ4v) is 2.74. The van der Waals surface area contributed by atoms with Crippen LogP contribution in [0.5, 0.6) is 23.0 Å². The van der Waals surface area contributed by atoms with Crippen LogP contribution in [0.2, 0.25) is 0 Å². The molecule has 6 nitrogen and oxygen atoms in total. The quantitative estimate of drug-likeness (QED) is 0.688. The number of ether oxygens (including phenoxy) is 6. The van der Waals surface area contributed by atoms with Crippen LogP contribution in [0.3, 0.4) is 0 Å². The number of aryl methyl sites for hydroxylation is 2. The summed E-state index contributed by atoms with van der Waals surface area (Å²) in [6, 6.07) is 11.8. The molecule has 2 aromatic carbocycles. The monoisotopic (exact) mass is 388 g/mol. The highest BCUT2D eigenvalue weighted by Crippen LogP contribution is 2.29. The number of fused-ring (bicyclic) bond motifs is 2. The van der Waals surface area contributed by atoms with E-state index in [2.05, 4.69) is 0 Å². The largest absolute Gasteiger partial charge is 0.487 e. The first kappa shape index (κ1) is 20.3. The molecule has 0 amide bonds. The third kappa shape index (κ3) is 6.32. The summed E-state index contributed by atoms with van der Waals surface area (Å²) in [6.07, 6.45) is 0. The molecular weight excluding hydrogens is 360 g/mol. The number of hydrogen-bond acceptors (Lipinski definition) is 6. The molecule has 0 radical (unpaired) electrons. The summed E-state index contributed by atoms with van der Waals surface area (Å²) in [5, 5.41) is 0. The molecular formula is C22H28O6. The van der Waals surface area contributed by atoms with Crippen molar-refractivity contribution in [2.45, 2.75) is 13.8 Å². The molecule has 28 heavy (non-hydrogen) atoms. The standard InChI is InChI=1S/C22H28O6/c1-17-3-5-19-21(15-17)27-13-9-24-10-14-28-22-16-18(2)4-6-20(22)26-12-8-23-7-11-25-19/h3-6,15-16H,7-14H2,1-2H3. The normalized spacial score (nSPS) is 16.6. The van der Waals surface area contributed by atoms with Gasteiger partial charge in [0.05, 0.1) is 26.4 Å². The summed E-state index contributed by atoms with van der Waals surface area (Å²) in [6.45, 7) is 7.67. The Balaban J connectivity index is 1.60. The summed E-state index contributed by atoms with van der Waals surface area (Å²) >= 11 is 0. The fraction of sp³-hybridized carbons (Fsp3) is 0.455. The Morgan fingerprint density at radius 2 is 0.821 bits per heavy atom. The Hall–Kier alpha value is -2.44. The highest BCUT2D eigenvalue weighted by atomic mass is 16.6. The Labute approximate surface area is 166 Å². The van der Waals surface area contributed by atoms with Crippen molar-refractivity contribution in [1.82, 2.24) is 0 Å². The lowest BCUT2D eigenvalue weighted by atomic mass is 10.2. The van der Waals surface area contributed by atoms with E-state index in [1.54, 1.807) is 0 Å². The zero-order valence-electron chi connectivity index (χ0n) is 16.6. The van der Waals surface area contributed by atoms with Crippen molar-refractivity contribution >= 4 is 0 Å². The van der Waals surface area contributed by atoms with Gasteiger partial charge in [0.1, 0.15) is 26.4 Å². The number of hydrogen-bond donors (Lipinski definition) is 0. The van der Waals surface area contributed by atoms with Crippen LogP contribution in [-0.4, -0.2) is 52.9 Å². The molecule has 6 heteroatoms. The van der Waals surface area contributed by atoms with E-state index in [4.69, 9.17) is 28.4 Å². The predicted molar refractivity (Wildman–Crippen MR) is 106 cm³/mol. The van der Waals surface area contributed by atoms with Crippen LogP contribution in [-0.2, 0) is 9.47 Å². The zero-order valence-corrected chi connectivity index (χ0v) is 16.6. The summed E-state index contributed by atoms with van der Waals surface area (Å²) < 4.78 is 34.5. The lowest BCUT2D eigenvalue weighted by Gasteiger charge is -2.16. The minimum absolute atomic E-state index is 0.439. The van der Waals surface area contributed by atoms with E-state index in [9.17, 15) is 0 Å². The highest BCUT2D eigenvalue weighted by Gasteiger charge is 2.08. The van der Waals surface area contributed by atoms with Crippen molar-refractivity contribution in [2.75, 3.05) is 52.9 Å². The SMILES string of the molecule is Cc1ccc2c(c1)OCCOCCOc1cc(C)ccc1OCCOCCO2. The van der Waals surface area contributed by atoms with Gasteiger partial charge in [-0.1, -0.05) is 12.1 Å². The summed E-state index contributed by atoms with van der Waals surface area (Å²) in [5.41, 5.74) is 2.22. The molecule has 2 aromatic rings. The summed E-state index contributed by atoms with van der Waals surface area (Å²) in [4.78, 5) is 0. The molecule has 1 aliphatic rings. The van der Waals surface area contributed by atoms with Gasteiger partial charge in [0, 0.05) is 0 Å². The number of benzene rings is 2. The third-order valence-electron chi connectivity index (χ3n) is 4.14. The van der Waals surface area contributed by atoms with Gasteiger partial charge >= 0.3 is 0 Å². The zero-order chi connectivity index (χ0) is 19.6. The first-order valence-electron chi connectivity index (χ1n) is 9.60. The lowest BCUT2D eigenvalue weighted by molar-refractivity contribution is 0.0640.